The second-order valence-electron chi connectivity index (χ2n) is 5.86. The first-order valence-electron chi connectivity index (χ1n) is 7.85. The third-order valence-corrected chi connectivity index (χ3v) is 5.48. The topological polar surface area (TPSA) is 90.3 Å². The first kappa shape index (κ1) is 17.0. The number of carbonyl (C=O) groups excluding carboxylic acids is 1. The Labute approximate surface area is 146 Å². The van der Waals surface area contributed by atoms with Crippen molar-refractivity contribution in [2.24, 2.45) is 0 Å². The minimum Gasteiger partial charge on any atom is -0.312 e. The summed E-state index contributed by atoms with van der Waals surface area (Å²) in [6.07, 6.45) is 1.53. The number of hydrogen-bond donors (Lipinski definition) is 1. The Hall–Kier alpha value is -2.85. The Kier molecular flexibility index (Phi) is 4.47. The van der Waals surface area contributed by atoms with Gasteiger partial charge in [-0.1, -0.05) is 6.07 Å². The van der Waals surface area contributed by atoms with Crippen molar-refractivity contribution in [2.75, 3.05) is 16.2 Å². The van der Waals surface area contributed by atoms with Gasteiger partial charge in [0.25, 0.3) is 10.0 Å². The molecular formula is C18H17N3O3S. The number of hydrogen-bond acceptors (Lipinski definition) is 4. The van der Waals surface area contributed by atoms with E-state index in [9.17, 15) is 13.2 Å². The molecule has 0 saturated heterocycles. The van der Waals surface area contributed by atoms with Gasteiger partial charge in [-0.3, -0.25) is 9.52 Å². The average Bonchev–Trinajstić information content (AvgIpc) is 2.60. The molecule has 1 N–H and O–H groups in total. The van der Waals surface area contributed by atoms with Gasteiger partial charge in [0, 0.05) is 19.2 Å². The summed E-state index contributed by atoms with van der Waals surface area (Å²) >= 11 is 0. The number of rotatable bonds is 3. The third kappa shape index (κ3) is 3.49. The second-order valence-corrected chi connectivity index (χ2v) is 7.55. The highest BCUT2D eigenvalue weighted by Gasteiger charge is 2.23. The maximum atomic E-state index is 12.6. The van der Waals surface area contributed by atoms with Crippen LogP contribution in [0.15, 0.2) is 47.4 Å². The summed E-state index contributed by atoms with van der Waals surface area (Å²) in [6.45, 7) is 2.15. The number of fused-ring (bicyclic) bond motifs is 1. The predicted molar refractivity (Wildman–Crippen MR) is 94.8 cm³/mol. The highest BCUT2D eigenvalue weighted by Crippen LogP contribution is 2.30. The van der Waals surface area contributed by atoms with Crippen LogP contribution in [0.2, 0.25) is 0 Å². The molecule has 0 spiro atoms. The Morgan fingerprint density at radius 1 is 1.24 bits per heavy atom. The largest absolute Gasteiger partial charge is 0.312 e. The Morgan fingerprint density at radius 2 is 2.04 bits per heavy atom. The van der Waals surface area contributed by atoms with Gasteiger partial charge in [-0.05, 0) is 54.8 Å². The summed E-state index contributed by atoms with van der Waals surface area (Å²) in [5, 5.41) is 8.92. The van der Waals surface area contributed by atoms with Gasteiger partial charge in [-0.15, -0.1) is 0 Å². The number of nitriles is 1. The number of nitrogens with zero attached hydrogens (tertiary/aromatic N) is 2. The molecule has 0 aromatic heterocycles. The second kappa shape index (κ2) is 6.57. The molecule has 128 valence electrons. The van der Waals surface area contributed by atoms with Gasteiger partial charge in [0.2, 0.25) is 5.91 Å². The van der Waals surface area contributed by atoms with Crippen molar-refractivity contribution in [3.63, 3.8) is 0 Å². The van der Waals surface area contributed by atoms with Gasteiger partial charge in [0.05, 0.1) is 22.2 Å². The summed E-state index contributed by atoms with van der Waals surface area (Å²) < 4.78 is 27.7. The fraction of sp³-hybridized carbons (Fsp3) is 0.222. The lowest BCUT2D eigenvalue weighted by Gasteiger charge is -2.28. The SMILES string of the molecule is CC(=O)N1CCCc2cc(S(=O)(=O)Nc3cccc(C#N)c3)ccc21. The van der Waals surface area contributed by atoms with Crippen molar-refractivity contribution >= 4 is 27.3 Å². The van der Waals surface area contributed by atoms with Crippen LogP contribution in [-0.2, 0) is 21.2 Å². The average molecular weight is 355 g/mol. The zero-order valence-electron chi connectivity index (χ0n) is 13.7. The van der Waals surface area contributed by atoms with Crippen molar-refractivity contribution in [1.29, 1.82) is 5.26 Å². The van der Waals surface area contributed by atoms with Gasteiger partial charge in [0.15, 0.2) is 0 Å². The summed E-state index contributed by atoms with van der Waals surface area (Å²) in [7, 11) is -3.77. The lowest BCUT2D eigenvalue weighted by molar-refractivity contribution is -0.116. The Bertz CT molecular complexity index is 977. The van der Waals surface area contributed by atoms with Crippen molar-refractivity contribution in [3.05, 3.63) is 53.6 Å². The fourth-order valence-electron chi connectivity index (χ4n) is 2.93. The van der Waals surface area contributed by atoms with Crippen LogP contribution in [0.25, 0.3) is 0 Å². The molecule has 0 saturated carbocycles. The molecule has 3 rings (SSSR count). The Balaban J connectivity index is 1.93. The van der Waals surface area contributed by atoms with Crippen molar-refractivity contribution in [2.45, 2.75) is 24.7 Å². The molecule has 0 aliphatic carbocycles. The molecule has 25 heavy (non-hydrogen) atoms. The van der Waals surface area contributed by atoms with Crippen LogP contribution in [0.5, 0.6) is 0 Å². The summed E-state index contributed by atoms with van der Waals surface area (Å²) in [4.78, 5) is 13.5. The maximum absolute atomic E-state index is 12.6. The van der Waals surface area contributed by atoms with E-state index < -0.39 is 10.0 Å². The number of sulfonamides is 1. The third-order valence-electron chi connectivity index (χ3n) is 4.10. The molecular weight excluding hydrogens is 338 g/mol. The monoisotopic (exact) mass is 355 g/mol. The van der Waals surface area contributed by atoms with Crippen LogP contribution in [0.1, 0.15) is 24.5 Å². The zero-order valence-corrected chi connectivity index (χ0v) is 14.5. The normalized spacial score (nSPS) is 13.7. The van der Waals surface area contributed by atoms with E-state index in [1.807, 2.05) is 6.07 Å². The molecule has 0 radical (unpaired) electrons. The minimum atomic E-state index is -3.77. The van der Waals surface area contributed by atoms with Crippen molar-refractivity contribution in [3.8, 4) is 6.07 Å². The predicted octanol–water partition coefficient (Wildman–Crippen LogP) is 2.66. The maximum Gasteiger partial charge on any atom is 0.261 e. The van der Waals surface area contributed by atoms with Crippen LogP contribution in [0, 0.1) is 11.3 Å². The van der Waals surface area contributed by atoms with Crippen LogP contribution < -0.4 is 9.62 Å². The molecule has 0 unspecified atom stereocenters. The molecule has 1 aliphatic rings. The van der Waals surface area contributed by atoms with Crippen molar-refractivity contribution < 1.29 is 13.2 Å². The number of carbonyl (C=O) groups is 1. The smallest absolute Gasteiger partial charge is 0.261 e. The van der Waals surface area contributed by atoms with E-state index in [0.717, 1.165) is 24.1 Å². The summed E-state index contributed by atoms with van der Waals surface area (Å²) in [6, 6.07) is 13.1. The molecule has 0 bridgehead atoms. The molecule has 2 aromatic rings. The molecule has 1 amide bonds. The van der Waals surface area contributed by atoms with Gasteiger partial charge in [0.1, 0.15) is 0 Å². The lowest BCUT2D eigenvalue weighted by atomic mass is 10.0. The fourth-order valence-corrected chi connectivity index (χ4v) is 4.03. The van der Waals surface area contributed by atoms with Gasteiger partial charge in [-0.2, -0.15) is 5.26 Å². The first-order valence-corrected chi connectivity index (χ1v) is 9.33. The zero-order chi connectivity index (χ0) is 18.0. The Morgan fingerprint density at radius 3 is 2.76 bits per heavy atom. The van der Waals surface area contributed by atoms with E-state index in [1.54, 1.807) is 35.2 Å². The van der Waals surface area contributed by atoms with Crippen molar-refractivity contribution in [1.82, 2.24) is 0 Å². The number of benzene rings is 2. The quantitative estimate of drug-likeness (QED) is 0.916. The van der Waals surface area contributed by atoms with E-state index >= 15 is 0 Å². The molecule has 1 heterocycles. The van der Waals surface area contributed by atoms with Gasteiger partial charge < -0.3 is 4.90 Å². The van der Waals surface area contributed by atoms with E-state index in [1.165, 1.54) is 19.1 Å². The van der Waals surface area contributed by atoms with E-state index in [-0.39, 0.29) is 10.8 Å². The lowest BCUT2D eigenvalue weighted by Crippen LogP contribution is -2.33. The van der Waals surface area contributed by atoms with E-state index in [2.05, 4.69) is 4.72 Å². The molecule has 0 fully saturated rings. The standard InChI is InChI=1S/C18H17N3O3S/c1-13(22)21-9-3-5-15-11-17(7-8-18(15)21)25(23,24)20-16-6-2-4-14(10-16)12-19/h2,4,6-8,10-11,20H,3,5,9H2,1H3. The van der Waals surface area contributed by atoms with Crippen LogP contribution >= 0.6 is 0 Å². The van der Waals surface area contributed by atoms with Crippen LogP contribution in [-0.4, -0.2) is 20.9 Å². The number of anilines is 2. The molecule has 2 aromatic carbocycles. The van der Waals surface area contributed by atoms with E-state index in [4.69, 9.17) is 5.26 Å². The molecule has 1 aliphatic heterocycles. The van der Waals surface area contributed by atoms with E-state index in [0.29, 0.717) is 17.8 Å². The van der Waals surface area contributed by atoms with Gasteiger partial charge >= 0.3 is 0 Å². The number of amides is 1. The number of aryl methyl sites for hydroxylation is 1. The molecule has 6 nitrogen and oxygen atoms in total. The number of nitrogens with one attached hydrogen (secondary N) is 1. The molecule has 7 heteroatoms. The van der Waals surface area contributed by atoms with Crippen LogP contribution in [0.4, 0.5) is 11.4 Å². The van der Waals surface area contributed by atoms with Gasteiger partial charge in [-0.25, -0.2) is 8.42 Å². The molecule has 0 atom stereocenters. The van der Waals surface area contributed by atoms with Crippen LogP contribution in [0.3, 0.4) is 0 Å². The summed E-state index contributed by atoms with van der Waals surface area (Å²) in [5.74, 6) is -0.0528. The highest BCUT2D eigenvalue weighted by molar-refractivity contribution is 7.92. The first-order chi connectivity index (χ1) is 11.9. The summed E-state index contributed by atoms with van der Waals surface area (Å²) in [5.41, 5.74) is 2.32. The highest BCUT2D eigenvalue weighted by atomic mass is 32.2. The minimum absolute atomic E-state index is 0.0528.